The molecule has 0 unspecified atom stereocenters. The molecule has 1 saturated heterocycles. The maximum atomic E-state index is 13.2. The van der Waals surface area contributed by atoms with E-state index in [9.17, 15) is 13.2 Å². The predicted octanol–water partition coefficient (Wildman–Crippen LogP) is 3.39. The number of nitrogens with zero attached hydrogens (tertiary/aromatic N) is 4. The second kappa shape index (κ2) is 9.47. The van der Waals surface area contributed by atoms with Gasteiger partial charge >= 0.3 is 0 Å². The van der Waals surface area contributed by atoms with Crippen molar-refractivity contribution in [1.82, 2.24) is 14.4 Å². The molecule has 0 radical (unpaired) electrons. The van der Waals surface area contributed by atoms with Gasteiger partial charge in [0.05, 0.1) is 0 Å². The summed E-state index contributed by atoms with van der Waals surface area (Å²) in [6.45, 7) is 6.49. The molecule has 184 valence electrons. The molecule has 0 saturated carbocycles. The summed E-state index contributed by atoms with van der Waals surface area (Å²) in [4.78, 5) is 17.4. The van der Waals surface area contributed by atoms with Gasteiger partial charge in [-0.15, -0.1) is 0 Å². The Bertz CT molecular complexity index is 1310. The lowest BCUT2D eigenvalue weighted by atomic mass is 9.99. The average Bonchev–Trinajstić information content (AvgIpc) is 3.06. The van der Waals surface area contributed by atoms with Crippen molar-refractivity contribution < 1.29 is 17.7 Å². The summed E-state index contributed by atoms with van der Waals surface area (Å²) in [5, 5.41) is 3.79. The van der Waals surface area contributed by atoms with Gasteiger partial charge in [-0.1, -0.05) is 29.4 Å². The van der Waals surface area contributed by atoms with E-state index in [1.165, 1.54) is 15.4 Å². The standard InChI is InChI=1S/C26H30N4O4S/c1-19-25(20(2)34-27-19)35(32,33)30-14-5-13-28(16-17-30)26(31)22-8-10-24(11-9-22)29-15-12-21-6-3-4-7-23(21)18-29/h3-4,6-11H,5,12-18H2,1-2H3. The molecule has 1 fully saturated rings. The molecule has 0 atom stereocenters. The van der Waals surface area contributed by atoms with Gasteiger partial charge in [-0.25, -0.2) is 8.42 Å². The van der Waals surface area contributed by atoms with E-state index < -0.39 is 10.0 Å². The van der Waals surface area contributed by atoms with Crippen LogP contribution in [0.1, 0.15) is 39.4 Å². The molecule has 2 aliphatic rings. The number of sulfonamides is 1. The van der Waals surface area contributed by atoms with Crippen LogP contribution in [-0.2, 0) is 23.0 Å². The predicted molar refractivity (Wildman–Crippen MR) is 133 cm³/mol. The number of aromatic nitrogens is 1. The van der Waals surface area contributed by atoms with Gasteiger partial charge < -0.3 is 14.3 Å². The number of carbonyl (C=O) groups is 1. The van der Waals surface area contributed by atoms with Crippen LogP contribution in [0, 0.1) is 13.8 Å². The second-order valence-corrected chi connectivity index (χ2v) is 11.1. The smallest absolute Gasteiger partial charge is 0.253 e. The first-order valence-corrected chi connectivity index (χ1v) is 13.4. The van der Waals surface area contributed by atoms with E-state index in [1.54, 1.807) is 18.7 Å². The number of fused-ring (bicyclic) bond motifs is 1. The van der Waals surface area contributed by atoms with Crippen molar-refractivity contribution in [2.75, 3.05) is 37.6 Å². The highest BCUT2D eigenvalue weighted by Gasteiger charge is 2.33. The Kier molecular flexibility index (Phi) is 6.37. The van der Waals surface area contributed by atoms with E-state index in [1.807, 2.05) is 24.3 Å². The molecule has 3 heterocycles. The van der Waals surface area contributed by atoms with E-state index in [2.05, 4.69) is 34.3 Å². The Morgan fingerprint density at radius 2 is 1.66 bits per heavy atom. The molecule has 0 spiro atoms. The van der Waals surface area contributed by atoms with Gasteiger partial charge in [-0.2, -0.15) is 4.31 Å². The monoisotopic (exact) mass is 494 g/mol. The zero-order valence-corrected chi connectivity index (χ0v) is 20.9. The summed E-state index contributed by atoms with van der Waals surface area (Å²) in [6, 6.07) is 16.3. The minimum atomic E-state index is -3.72. The Morgan fingerprint density at radius 1 is 0.914 bits per heavy atom. The van der Waals surface area contributed by atoms with Gasteiger partial charge in [0.15, 0.2) is 5.76 Å². The lowest BCUT2D eigenvalue weighted by Crippen LogP contribution is -2.37. The normalized spacial score (nSPS) is 17.2. The van der Waals surface area contributed by atoms with Crippen LogP contribution in [0.2, 0.25) is 0 Å². The van der Waals surface area contributed by atoms with Crippen molar-refractivity contribution in [3.8, 4) is 0 Å². The van der Waals surface area contributed by atoms with Crippen LogP contribution in [0.4, 0.5) is 5.69 Å². The average molecular weight is 495 g/mol. The number of hydrogen-bond acceptors (Lipinski definition) is 6. The molecule has 8 nitrogen and oxygen atoms in total. The first kappa shape index (κ1) is 23.6. The minimum absolute atomic E-state index is 0.0721. The highest BCUT2D eigenvalue weighted by atomic mass is 32.2. The summed E-state index contributed by atoms with van der Waals surface area (Å²) in [5.41, 5.74) is 4.83. The molecule has 35 heavy (non-hydrogen) atoms. The summed E-state index contributed by atoms with van der Waals surface area (Å²) in [6.07, 6.45) is 1.58. The second-order valence-electron chi connectivity index (χ2n) is 9.19. The van der Waals surface area contributed by atoms with Crippen LogP contribution in [0.15, 0.2) is 57.9 Å². The Hall–Kier alpha value is -3.17. The first-order chi connectivity index (χ1) is 16.8. The molecular formula is C26H30N4O4S. The van der Waals surface area contributed by atoms with E-state index in [0.29, 0.717) is 37.3 Å². The quantitative estimate of drug-likeness (QED) is 0.553. The number of hydrogen-bond donors (Lipinski definition) is 0. The molecule has 0 bridgehead atoms. The van der Waals surface area contributed by atoms with Gasteiger partial charge in [-0.3, -0.25) is 4.79 Å². The number of aryl methyl sites for hydroxylation is 2. The van der Waals surface area contributed by atoms with E-state index in [4.69, 9.17) is 4.52 Å². The van der Waals surface area contributed by atoms with E-state index in [0.717, 1.165) is 25.2 Å². The van der Waals surface area contributed by atoms with Crippen molar-refractivity contribution in [2.45, 2.75) is 38.1 Å². The van der Waals surface area contributed by atoms with Crippen molar-refractivity contribution in [3.63, 3.8) is 0 Å². The van der Waals surface area contributed by atoms with Gasteiger partial charge in [0.25, 0.3) is 5.91 Å². The Balaban J connectivity index is 1.25. The Morgan fingerprint density at radius 3 is 2.37 bits per heavy atom. The fourth-order valence-corrected chi connectivity index (χ4v) is 6.78. The fourth-order valence-electron chi connectivity index (χ4n) is 5.02. The van der Waals surface area contributed by atoms with Gasteiger partial charge in [0.2, 0.25) is 10.0 Å². The molecule has 5 rings (SSSR count). The lowest BCUT2D eigenvalue weighted by Gasteiger charge is -2.31. The van der Waals surface area contributed by atoms with Gasteiger partial charge in [-0.05, 0) is 62.1 Å². The number of benzene rings is 2. The SMILES string of the molecule is Cc1noc(C)c1S(=O)(=O)N1CCCN(C(=O)c2ccc(N3CCc4ccccc4C3)cc2)CC1. The van der Waals surface area contributed by atoms with Crippen molar-refractivity contribution in [3.05, 3.63) is 76.7 Å². The molecule has 9 heteroatoms. The van der Waals surface area contributed by atoms with Gasteiger partial charge in [0.1, 0.15) is 10.6 Å². The van der Waals surface area contributed by atoms with Crippen molar-refractivity contribution in [1.29, 1.82) is 0 Å². The van der Waals surface area contributed by atoms with E-state index >= 15 is 0 Å². The number of anilines is 1. The third kappa shape index (κ3) is 4.58. The molecule has 1 amide bonds. The molecule has 3 aromatic rings. The minimum Gasteiger partial charge on any atom is -0.367 e. The largest absolute Gasteiger partial charge is 0.367 e. The summed E-state index contributed by atoms with van der Waals surface area (Å²) >= 11 is 0. The highest BCUT2D eigenvalue weighted by molar-refractivity contribution is 7.89. The molecule has 0 N–H and O–H groups in total. The third-order valence-electron chi connectivity index (χ3n) is 6.92. The lowest BCUT2D eigenvalue weighted by molar-refractivity contribution is 0.0764. The van der Waals surface area contributed by atoms with Crippen LogP contribution in [0.3, 0.4) is 0 Å². The number of carbonyl (C=O) groups excluding carboxylic acids is 1. The number of rotatable bonds is 4. The van der Waals surface area contributed by atoms with E-state index in [-0.39, 0.29) is 23.1 Å². The van der Waals surface area contributed by atoms with Gasteiger partial charge in [0, 0.05) is 50.5 Å². The number of amides is 1. The van der Waals surface area contributed by atoms with Crippen LogP contribution < -0.4 is 4.90 Å². The fraction of sp³-hybridized carbons (Fsp3) is 0.385. The summed E-state index contributed by atoms with van der Waals surface area (Å²) < 4.78 is 32.8. The molecule has 1 aromatic heterocycles. The zero-order valence-electron chi connectivity index (χ0n) is 20.1. The zero-order chi connectivity index (χ0) is 24.6. The van der Waals surface area contributed by atoms with Crippen LogP contribution in [0.5, 0.6) is 0 Å². The summed E-state index contributed by atoms with van der Waals surface area (Å²) in [5.74, 6) is 0.217. The van der Waals surface area contributed by atoms with Crippen LogP contribution in [0.25, 0.3) is 0 Å². The highest BCUT2D eigenvalue weighted by Crippen LogP contribution is 2.26. The molecule has 2 aromatic carbocycles. The van der Waals surface area contributed by atoms with Crippen LogP contribution >= 0.6 is 0 Å². The maximum absolute atomic E-state index is 13.2. The first-order valence-electron chi connectivity index (χ1n) is 12.0. The molecule has 0 aliphatic carbocycles. The Labute approximate surface area is 206 Å². The van der Waals surface area contributed by atoms with Crippen LogP contribution in [-0.4, -0.2) is 61.4 Å². The maximum Gasteiger partial charge on any atom is 0.253 e. The summed E-state index contributed by atoms with van der Waals surface area (Å²) in [7, 11) is -3.72. The third-order valence-corrected chi connectivity index (χ3v) is 9.06. The van der Waals surface area contributed by atoms with Crippen molar-refractivity contribution >= 4 is 21.6 Å². The van der Waals surface area contributed by atoms with Crippen molar-refractivity contribution in [2.24, 2.45) is 0 Å². The topological polar surface area (TPSA) is 87.0 Å². The molecular weight excluding hydrogens is 464 g/mol. The molecule has 2 aliphatic heterocycles.